The number of benzene rings is 2. The monoisotopic (exact) mass is 484 g/mol. The van der Waals surface area contributed by atoms with E-state index in [1.54, 1.807) is 0 Å². The Kier molecular flexibility index (Phi) is 10.2. The molecule has 2 aromatic carbocycles. The lowest BCUT2D eigenvalue weighted by Gasteiger charge is -2.29. The Hall–Kier alpha value is -2.04. The summed E-state index contributed by atoms with van der Waals surface area (Å²) in [6, 6.07) is 8.62. The summed E-state index contributed by atoms with van der Waals surface area (Å²) in [7, 11) is 0. The molecule has 0 aliphatic rings. The van der Waals surface area contributed by atoms with Gasteiger partial charge in [0.05, 0.1) is 33.0 Å². The van der Waals surface area contributed by atoms with Crippen molar-refractivity contribution in [2.45, 2.75) is 95.0 Å². The van der Waals surface area contributed by atoms with Gasteiger partial charge in [-0.05, 0) is 87.8 Å². The topological polar surface area (TPSA) is 36.9 Å². The van der Waals surface area contributed by atoms with E-state index >= 15 is 0 Å². The van der Waals surface area contributed by atoms with Gasteiger partial charge in [0, 0.05) is 5.41 Å². The zero-order valence-corrected chi connectivity index (χ0v) is 24.1. The third kappa shape index (κ3) is 9.16. The van der Waals surface area contributed by atoms with Crippen LogP contribution in [-0.4, -0.2) is 25.4 Å². The first-order valence-corrected chi connectivity index (χ1v) is 12.9. The maximum atomic E-state index is 6.23. The van der Waals surface area contributed by atoms with Crippen molar-refractivity contribution in [3.63, 3.8) is 0 Å². The van der Waals surface area contributed by atoms with Crippen LogP contribution in [0, 0.1) is 39.0 Å². The van der Waals surface area contributed by atoms with Gasteiger partial charge in [-0.3, -0.25) is 0 Å². The lowest BCUT2D eigenvalue weighted by Crippen LogP contribution is -2.27. The second-order valence-corrected chi connectivity index (χ2v) is 11.9. The minimum absolute atomic E-state index is 0.139. The quantitative estimate of drug-likeness (QED) is 0.287. The second-order valence-electron chi connectivity index (χ2n) is 11.9. The maximum Gasteiger partial charge on any atom is 0.125 e. The Balaban J connectivity index is 1.80. The molecule has 2 rings (SSSR count). The molecule has 4 nitrogen and oxygen atoms in total. The van der Waals surface area contributed by atoms with Crippen molar-refractivity contribution in [1.82, 2.24) is 0 Å². The highest BCUT2D eigenvalue weighted by molar-refractivity contribution is 5.44. The van der Waals surface area contributed by atoms with Crippen LogP contribution in [0.25, 0.3) is 0 Å². The van der Waals surface area contributed by atoms with Crippen molar-refractivity contribution in [2.24, 2.45) is 11.3 Å². The van der Waals surface area contributed by atoms with Gasteiger partial charge in [-0.15, -0.1) is 0 Å². The van der Waals surface area contributed by atoms with E-state index in [0.717, 1.165) is 44.9 Å². The molecule has 0 heterocycles. The van der Waals surface area contributed by atoms with Gasteiger partial charge >= 0.3 is 0 Å². The van der Waals surface area contributed by atoms with Gasteiger partial charge in [0.1, 0.15) is 17.1 Å². The van der Waals surface area contributed by atoms with E-state index in [4.69, 9.17) is 18.9 Å². The molecule has 0 amide bonds. The molecule has 0 fully saturated rings. The molecular formula is C31H48O4. The molecule has 4 heteroatoms. The molecule has 0 unspecified atom stereocenters. The fourth-order valence-corrected chi connectivity index (χ4v) is 3.86. The number of hydrogen-bond donors (Lipinski definition) is 0. The van der Waals surface area contributed by atoms with Crippen molar-refractivity contribution in [2.75, 3.05) is 19.8 Å². The molecule has 0 aliphatic carbocycles. The molecule has 0 aromatic heterocycles. The summed E-state index contributed by atoms with van der Waals surface area (Å²) >= 11 is 0. The Morgan fingerprint density at radius 3 is 1.43 bits per heavy atom. The fraction of sp³-hybridized carbons (Fsp3) is 0.613. The summed E-state index contributed by atoms with van der Waals surface area (Å²) in [6.07, 6.45) is 0. The van der Waals surface area contributed by atoms with Crippen LogP contribution >= 0.6 is 0 Å². The summed E-state index contributed by atoms with van der Waals surface area (Å²) < 4.78 is 24.1. The van der Waals surface area contributed by atoms with Crippen LogP contribution < -0.4 is 9.47 Å². The number of ether oxygens (including phenoxy) is 4. The van der Waals surface area contributed by atoms with Crippen LogP contribution in [-0.2, 0) is 22.7 Å². The van der Waals surface area contributed by atoms with Gasteiger partial charge in [0.2, 0.25) is 0 Å². The molecule has 0 spiro atoms. The van der Waals surface area contributed by atoms with E-state index in [9.17, 15) is 0 Å². The minimum atomic E-state index is -0.208. The van der Waals surface area contributed by atoms with Gasteiger partial charge in [-0.25, -0.2) is 0 Å². The predicted molar refractivity (Wildman–Crippen MR) is 146 cm³/mol. The minimum Gasteiger partial charge on any atom is -0.492 e. The first kappa shape index (κ1) is 29.2. The lowest BCUT2D eigenvalue weighted by molar-refractivity contribution is 0.0338. The average Bonchev–Trinajstić information content (AvgIpc) is 2.71. The van der Waals surface area contributed by atoms with Crippen molar-refractivity contribution in [1.29, 1.82) is 0 Å². The molecule has 0 bridgehead atoms. The largest absolute Gasteiger partial charge is 0.492 e. The summed E-state index contributed by atoms with van der Waals surface area (Å²) in [6.45, 7) is 26.6. The molecule has 0 atom stereocenters. The molecule has 0 aliphatic heterocycles. The zero-order valence-electron chi connectivity index (χ0n) is 24.1. The van der Waals surface area contributed by atoms with Crippen LogP contribution in [0.1, 0.15) is 81.8 Å². The van der Waals surface area contributed by atoms with E-state index in [2.05, 4.69) is 100 Å². The second kappa shape index (κ2) is 12.3. The maximum absolute atomic E-state index is 6.23. The Morgan fingerprint density at radius 2 is 1.06 bits per heavy atom. The fourth-order valence-electron chi connectivity index (χ4n) is 3.86. The van der Waals surface area contributed by atoms with Crippen molar-refractivity contribution in [3.8, 4) is 11.5 Å². The van der Waals surface area contributed by atoms with Gasteiger partial charge in [0.25, 0.3) is 0 Å². The van der Waals surface area contributed by atoms with Crippen molar-refractivity contribution in [3.05, 3.63) is 57.6 Å². The third-order valence-corrected chi connectivity index (χ3v) is 6.51. The highest BCUT2D eigenvalue weighted by Gasteiger charge is 2.24. The first-order valence-electron chi connectivity index (χ1n) is 12.9. The molecule has 2 aromatic rings. The normalized spacial score (nSPS) is 12.3. The molecular weight excluding hydrogens is 436 g/mol. The Bertz CT molecular complexity index is 920. The number of hydrogen-bond acceptors (Lipinski definition) is 4. The van der Waals surface area contributed by atoms with Crippen LogP contribution in [0.15, 0.2) is 24.3 Å². The van der Waals surface area contributed by atoms with Crippen LogP contribution in [0.3, 0.4) is 0 Å². The van der Waals surface area contributed by atoms with E-state index in [-0.39, 0.29) is 11.0 Å². The lowest BCUT2D eigenvalue weighted by atomic mass is 9.82. The third-order valence-electron chi connectivity index (χ3n) is 6.51. The molecule has 0 saturated heterocycles. The molecule has 0 saturated carbocycles. The van der Waals surface area contributed by atoms with Crippen molar-refractivity contribution >= 4 is 0 Å². The van der Waals surface area contributed by atoms with E-state index in [0.29, 0.717) is 39.0 Å². The van der Waals surface area contributed by atoms with Crippen molar-refractivity contribution < 1.29 is 18.9 Å². The van der Waals surface area contributed by atoms with Gasteiger partial charge in [-0.1, -0.05) is 52.0 Å². The van der Waals surface area contributed by atoms with E-state index < -0.39 is 0 Å². The summed E-state index contributed by atoms with van der Waals surface area (Å²) in [5.74, 6) is 2.53. The first-order chi connectivity index (χ1) is 16.2. The summed E-state index contributed by atoms with van der Waals surface area (Å²) in [4.78, 5) is 0. The van der Waals surface area contributed by atoms with Crippen LogP contribution in [0.4, 0.5) is 0 Å². The molecule has 0 radical (unpaired) electrons. The van der Waals surface area contributed by atoms with Crippen LogP contribution in [0.5, 0.6) is 11.5 Å². The number of aryl methyl sites for hydroxylation is 4. The van der Waals surface area contributed by atoms with Gasteiger partial charge in [-0.2, -0.15) is 0 Å². The predicted octanol–water partition coefficient (Wildman–Crippen LogP) is 7.89. The standard InChI is InChI=1S/C31H48O4/c1-21(2)31(10,11)20-34-28-22(3)14-26(15-23(28)4)18-32-12-13-33-19-27-16-24(5)29(25(6)17-27)35-30(7,8)9/h14-17,21H,12-13,18-20H2,1-11H3. The molecule has 196 valence electrons. The Labute approximate surface area is 214 Å². The average molecular weight is 485 g/mol. The molecule has 0 N–H and O–H groups in total. The van der Waals surface area contributed by atoms with Gasteiger partial charge in [0.15, 0.2) is 0 Å². The molecule has 35 heavy (non-hydrogen) atoms. The summed E-state index contributed by atoms with van der Waals surface area (Å²) in [5.41, 5.74) is 6.84. The zero-order chi connectivity index (χ0) is 26.4. The smallest absolute Gasteiger partial charge is 0.125 e. The SMILES string of the molecule is Cc1cc(COCCOCc2cc(C)c(OC(C)(C)C)c(C)c2)cc(C)c1OCC(C)(C)C(C)C. The number of rotatable bonds is 12. The van der Waals surface area contributed by atoms with E-state index in [1.807, 2.05) is 0 Å². The summed E-state index contributed by atoms with van der Waals surface area (Å²) in [5, 5.41) is 0. The van der Waals surface area contributed by atoms with Gasteiger partial charge < -0.3 is 18.9 Å². The van der Waals surface area contributed by atoms with Crippen LogP contribution in [0.2, 0.25) is 0 Å². The Morgan fingerprint density at radius 1 is 0.657 bits per heavy atom. The highest BCUT2D eigenvalue weighted by atomic mass is 16.5. The highest BCUT2D eigenvalue weighted by Crippen LogP contribution is 2.31. The van der Waals surface area contributed by atoms with E-state index in [1.165, 1.54) is 0 Å².